The van der Waals surface area contributed by atoms with Crippen LogP contribution in [0.25, 0.3) is 5.76 Å². The molecule has 0 radical (unpaired) electrons. The molecule has 32 heavy (non-hydrogen) atoms. The second-order valence-corrected chi connectivity index (χ2v) is 8.11. The molecule has 1 amide bonds. The average molecular weight is 437 g/mol. The fraction of sp³-hybridized carbons (Fsp3) is 0.385. The minimum atomic E-state index is -0.656. The molecule has 1 N–H and O–H groups in total. The Labute approximate surface area is 190 Å². The minimum absolute atomic E-state index is 0.129. The zero-order valence-corrected chi connectivity index (χ0v) is 19.5. The Morgan fingerprint density at radius 3 is 2.31 bits per heavy atom. The highest BCUT2D eigenvalue weighted by Crippen LogP contribution is 2.40. The Morgan fingerprint density at radius 2 is 1.72 bits per heavy atom. The van der Waals surface area contributed by atoms with E-state index in [1.54, 1.807) is 24.1 Å². The summed E-state index contributed by atoms with van der Waals surface area (Å²) in [7, 11) is 1.59. The molecule has 1 heterocycles. The van der Waals surface area contributed by atoms with Crippen LogP contribution in [0.1, 0.15) is 42.1 Å². The van der Waals surface area contributed by atoms with Crippen LogP contribution in [0.5, 0.6) is 5.75 Å². The summed E-state index contributed by atoms with van der Waals surface area (Å²) < 4.78 is 5.27. The summed E-state index contributed by atoms with van der Waals surface area (Å²) in [6.07, 6.45) is 0. The van der Waals surface area contributed by atoms with Gasteiger partial charge in [0.25, 0.3) is 11.7 Å². The number of aryl methyl sites for hydroxylation is 2. The first-order chi connectivity index (χ1) is 15.3. The molecule has 1 unspecified atom stereocenters. The molecule has 0 spiro atoms. The number of carbonyl (C=O) groups is 2. The van der Waals surface area contributed by atoms with E-state index in [1.165, 1.54) is 0 Å². The number of hydrogen-bond donors (Lipinski definition) is 1. The van der Waals surface area contributed by atoms with Crippen molar-refractivity contribution in [2.45, 2.75) is 33.7 Å². The van der Waals surface area contributed by atoms with Crippen molar-refractivity contribution in [3.05, 3.63) is 70.3 Å². The molecule has 170 valence electrons. The third kappa shape index (κ3) is 4.55. The van der Waals surface area contributed by atoms with Gasteiger partial charge in [0.2, 0.25) is 0 Å². The maximum atomic E-state index is 13.2. The molecule has 1 aliphatic heterocycles. The second-order valence-electron chi connectivity index (χ2n) is 8.11. The number of rotatable bonds is 8. The van der Waals surface area contributed by atoms with Crippen LogP contribution in [0, 0.1) is 13.8 Å². The zero-order chi connectivity index (χ0) is 23.4. The molecule has 0 aromatic heterocycles. The van der Waals surface area contributed by atoms with Gasteiger partial charge in [0.05, 0.1) is 18.7 Å². The monoisotopic (exact) mass is 436 g/mol. The highest BCUT2D eigenvalue weighted by Gasteiger charge is 2.46. The minimum Gasteiger partial charge on any atom is -0.507 e. The van der Waals surface area contributed by atoms with Crippen LogP contribution < -0.4 is 4.74 Å². The Hall–Kier alpha value is -3.12. The predicted octanol–water partition coefficient (Wildman–Crippen LogP) is 4.08. The summed E-state index contributed by atoms with van der Waals surface area (Å²) in [5.41, 5.74) is 3.28. The molecule has 1 fully saturated rings. The normalized spacial score (nSPS) is 17.9. The van der Waals surface area contributed by atoms with Crippen LogP contribution in [0.3, 0.4) is 0 Å². The summed E-state index contributed by atoms with van der Waals surface area (Å²) in [6.45, 7) is 10.7. The number of Topliss-reactive ketones (excluding diaryl/α,β-unsaturated/α-hetero) is 1. The number of ketones is 1. The van der Waals surface area contributed by atoms with Gasteiger partial charge in [-0.1, -0.05) is 43.7 Å². The lowest BCUT2D eigenvalue weighted by Crippen LogP contribution is -2.38. The molecule has 6 nitrogen and oxygen atoms in total. The summed E-state index contributed by atoms with van der Waals surface area (Å²) in [4.78, 5) is 30.0. The Kier molecular flexibility index (Phi) is 7.36. The van der Waals surface area contributed by atoms with E-state index in [9.17, 15) is 14.7 Å². The summed E-state index contributed by atoms with van der Waals surface area (Å²) in [6, 6.07) is 12.3. The average Bonchev–Trinajstić information content (AvgIpc) is 3.05. The molecule has 0 aliphatic carbocycles. The molecule has 3 rings (SSSR count). The standard InChI is InChI=1S/C26H32N2O4/c1-6-27(7-2)14-15-28-23(19-10-12-20(32-5)13-11-19)22(25(30)26(28)31)24(29)21-16-17(3)8-9-18(21)4/h8-13,16,23,29H,6-7,14-15H2,1-5H3. The lowest BCUT2D eigenvalue weighted by Gasteiger charge is -2.28. The van der Waals surface area contributed by atoms with E-state index in [0.717, 1.165) is 29.8 Å². The van der Waals surface area contributed by atoms with Crippen LogP contribution in [-0.4, -0.2) is 59.9 Å². The molecule has 1 aliphatic rings. The third-order valence-electron chi connectivity index (χ3n) is 6.17. The highest BCUT2D eigenvalue weighted by atomic mass is 16.5. The van der Waals surface area contributed by atoms with Crippen molar-refractivity contribution in [2.24, 2.45) is 0 Å². The number of amides is 1. The number of carbonyl (C=O) groups excluding carboxylic acids is 2. The number of methoxy groups -OCH3 is 1. The van der Waals surface area contributed by atoms with Gasteiger partial charge in [0, 0.05) is 18.7 Å². The molecule has 2 aromatic rings. The van der Waals surface area contributed by atoms with Crippen LogP contribution in [0.15, 0.2) is 48.0 Å². The van der Waals surface area contributed by atoms with E-state index >= 15 is 0 Å². The number of nitrogens with zero attached hydrogens (tertiary/aromatic N) is 2. The van der Waals surface area contributed by atoms with Gasteiger partial charge >= 0.3 is 0 Å². The van der Waals surface area contributed by atoms with Gasteiger partial charge in [-0.2, -0.15) is 0 Å². The number of hydrogen-bond acceptors (Lipinski definition) is 5. The van der Waals surface area contributed by atoms with E-state index in [0.29, 0.717) is 24.4 Å². The van der Waals surface area contributed by atoms with Crippen LogP contribution in [0.2, 0.25) is 0 Å². The lowest BCUT2D eigenvalue weighted by atomic mass is 9.93. The highest BCUT2D eigenvalue weighted by molar-refractivity contribution is 6.46. The molecule has 0 saturated carbocycles. The number of aliphatic hydroxyl groups is 1. The summed E-state index contributed by atoms with van der Waals surface area (Å²) in [5.74, 6) is -0.673. The fourth-order valence-electron chi connectivity index (χ4n) is 4.17. The smallest absolute Gasteiger partial charge is 0.295 e. The molecular weight excluding hydrogens is 404 g/mol. The van der Waals surface area contributed by atoms with Gasteiger partial charge in [-0.3, -0.25) is 9.59 Å². The zero-order valence-electron chi connectivity index (χ0n) is 19.5. The summed E-state index contributed by atoms with van der Waals surface area (Å²) >= 11 is 0. The SMILES string of the molecule is CCN(CC)CCN1C(=O)C(=O)C(=C(O)c2cc(C)ccc2C)C1c1ccc(OC)cc1. The largest absolute Gasteiger partial charge is 0.507 e. The number of likely N-dealkylation sites (N-methyl/N-ethyl adjacent to an activating group) is 1. The topological polar surface area (TPSA) is 70.1 Å². The van der Waals surface area contributed by atoms with Crippen molar-refractivity contribution >= 4 is 17.4 Å². The van der Waals surface area contributed by atoms with Gasteiger partial charge in [0.1, 0.15) is 11.5 Å². The van der Waals surface area contributed by atoms with E-state index in [4.69, 9.17) is 4.74 Å². The molecule has 1 saturated heterocycles. The Balaban J connectivity index is 2.13. The second kappa shape index (κ2) is 10.0. The molecule has 1 atom stereocenters. The number of aliphatic hydroxyl groups excluding tert-OH is 1. The predicted molar refractivity (Wildman–Crippen MR) is 126 cm³/mol. The maximum Gasteiger partial charge on any atom is 0.295 e. The first-order valence-corrected chi connectivity index (χ1v) is 11.0. The van der Waals surface area contributed by atoms with Gasteiger partial charge in [-0.25, -0.2) is 0 Å². The first-order valence-electron chi connectivity index (χ1n) is 11.0. The molecule has 2 aromatic carbocycles. The van der Waals surface area contributed by atoms with Crippen molar-refractivity contribution < 1.29 is 19.4 Å². The van der Waals surface area contributed by atoms with Crippen molar-refractivity contribution in [1.82, 2.24) is 9.80 Å². The fourth-order valence-corrected chi connectivity index (χ4v) is 4.17. The van der Waals surface area contributed by atoms with Crippen molar-refractivity contribution in [1.29, 1.82) is 0 Å². The first kappa shape index (κ1) is 23.5. The van der Waals surface area contributed by atoms with Gasteiger partial charge in [-0.15, -0.1) is 0 Å². The Bertz CT molecular complexity index is 1020. The van der Waals surface area contributed by atoms with E-state index < -0.39 is 17.7 Å². The Morgan fingerprint density at radius 1 is 1.06 bits per heavy atom. The van der Waals surface area contributed by atoms with Gasteiger partial charge in [-0.05, 0) is 56.3 Å². The van der Waals surface area contributed by atoms with E-state index in [2.05, 4.69) is 18.7 Å². The van der Waals surface area contributed by atoms with Crippen molar-refractivity contribution in [2.75, 3.05) is 33.3 Å². The quantitative estimate of drug-likeness (QED) is 0.384. The van der Waals surface area contributed by atoms with Crippen LogP contribution in [-0.2, 0) is 9.59 Å². The third-order valence-corrected chi connectivity index (χ3v) is 6.17. The van der Waals surface area contributed by atoms with Crippen molar-refractivity contribution in [3.8, 4) is 5.75 Å². The van der Waals surface area contributed by atoms with Gasteiger partial charge in [0.15, 0.2) is 0 Å². The number of ether oxygens (including phenoxy) is 1. The summed E-state index contributed by atoms with van der Waals surface area (Å²) in [5, 5.41) is 11.3. The van der Waals surface area contributed by atoms with E-state index in [-0.39, 0.29) is 11.3 Å². The van der Waals surface area contributed by atoms with Gasteiger partial charge < -0.3 is 19.6 Å². The van der Waals surface area contributed by atoms with Crippen molar-refractivity contribution in [3.63, 3.8) is 0 Å². The lowest BCUT2D eigenvalue weighted by molar-refractivity contribution is -0.140. The molecular formula is C26H32N2O4. The molecule has 0 bridgehead atoms. The molecule has 6 heteroatoms. The van der Waals surface area contributed by atoms with E-state index in [1.807, 2.05) is 44.2 Å². The van der Waals surface area contributed by atoms with Crippen LogP contribution >= 0.6 is 0 Å². The number of likely N-dealkylation sites (tertiary alicyclic amines) is 1. The van der Waals surface area contributed by atoms with Crippen LogP contribution in [0.4, 0.5) is 0 Å². The maximum absolute atomic E-state index is 13.2. The number of benzene rings is 2.